The first kappa shape index (κ1) is 18.2. The second-order valence-electron chi connectivity index (χ2n) is 6.01. The Hall–Kier alpha value is -2.11. The number of nitrogens with one attached hydrogen (secondary N) is 1. The standard InChI is InChI=1S/C18H22ClN3O2/c1-11(2)8-15(20)18(23)22-13-4-5-14(16(10-13)24-3)12-6-7-21-17(19)9-12/h4-7,9-11,15H,8,20H2,1-3H3,(H,22,23). The molecule has 0 saturated heterocycles. The predicted molar refractivity (Wildman–Crippen MR) is 97.3 cm³/mol. The van der Waals surface area contributed by atoms with Crippen LogP contribution >= 0.6 is 11.6 Å². The molecule has 6 heteroatoms. The van der Waals surface area contributed by atoms with Crippen LogP contribution in [-0.4, -0.2) is 24.0 Å². The number of anilines is 1. The van der Waals surface area contributed by atoms with Gasteiger partial charge in [0.1, 0.15) is 10.9 Å². The Bertz CT molecular complexity index is 719. The molecule has 128 valence electrons. The van der Waals surface area contributed by atoms with Crippen molar-refractivity contribution in [3.05, 3.63) is 41.7 Å². The number of nitrogens with two attached hydrogens (primary N) is 1. The van der Waals surface area contributed by atoms with E-state index in [9.17, 15) is 4.79 Å². The number of rotatable bonds is 6. The molecule has 0 fully saturated rings. The molecule has 1 unspecified atom stereocenters. The van der Waals surface area contributed by atoms with Gasteiger partial charge in [0, 0.05) is 23.5 Å². The van der Waals surface area contributed by atoms with Gasteiger partial charge in [0.15, 0.2) is 0 Å². The second-order valence-corrected chi connectivity index (χ2v) is 6.39. The monoisotopic (exact) mass is 347 g/mol. The van der Waals surface area contributed by atoms with Crippen molar-refractivity contribution < 1.29 is 9.53 Å². The molecule has 1 aromatic carbocycles. The molecule has 1 heterocycles. The van der Waals surface area contributed by atoms with Crippen LogP contribution in [-0.2, 0) is 4.79 Å². The normalized spacial score (nSPS) is 12.1. The average molecular weight is 348 g/mol. The van der Waals surface area contributed by atoms with Crippen molar-refractivity contribution in [3.63, 3.8) is 0 Å². The van der Waals surface area contributed by atoms with Crippen LogP contribution in [0.3, 0.4) is 0 Å². The van der Waals surface area contributed by atoms with Gasteiger partial charge in [-0.3, -0.25) is 4.79 Å². The highest BCUT2D eigenvalue weighted by Crippen LogP contribution is 2.33. The maximum Gasteiger partial charge on any atom is 0.241 e. The fourth-order valence-electron chi connectivity index (χ4n) is 2.43. The van der Waals surface area contributed by atoms with Crippen molar-refractivity contribution in [1.82, 2.24) is 4.98 Å². The first-order valence-corrected chi connectivity index (χ1v) is 8.15. The van der Waals surface area contributed by atoms with Gasteiger partial charge in [-0.05, 0) is 42.2 Å². The van der Waals surface area contributed by atoms with Crippen molar-refractivity contribution in [2.45, 2.75) is 26.3 Å². The Balaban J connectivity index is 2.21. The van der Waals surface area contributed by atoms with E-state index >= 15 is 0 Å². The van der Waals surface area contributed by atoms with Crippen LogP contribution in [0.2, 0.25) is 5.15 Å². The van der Waals surface area contributed by atoms with E-state index in [1.165, 1.54) is 0 Å². The molecular formula is C18H22ClN3O2. The molecular weight excluding hydrogens is 326 g/mol. The van der Waals surface area contributed by atoms with Crippen LogP contribution in [0.5, 0.6) is 5.75 Å². The zero-order chi connectivity index (χ0) is 17.7. The number of carbonyl (C=O) groups excluding carboxylic acids is 1. The summed E-state index contributed by atoms with van der Waals surface area (Å²) in [6.07, 6.45) is 2.27. The van der Waals surface area contributed by atoms with Crippen LogP contribution in [0, 0.1) is 5.92 Å². The van der Waals surface area contributed by atoms with Gasteiger partial charge in [0.2, 0.25) is 5.91 Å². The van der Waals surface area contributed by atoms with Crippen LogP contribution in [0.1, 0.15) is 20.3 Å². The average Bonchev–Trinajstić information content (AvgIpc) is 2.54. The minimum Gasteiger partial charge on any atom is -0.496 e. The summed E-state index contributed by atoms with van der Waals surface area (Å²) in [6, 6.07) is 8.52. The largest absolute Gasteiger partial charge is 0.496 e. The molecule has 0 aliphatic carbocycles. The summed E-state index contributed by atoms with van der Waals surface area (Å²) in [5, 5.41) is 3.24. The summed E-state index contributed by atoms with van der Waals surface area (Å²) in [5.41, 5.74) is 8.31. The molecule has 2 rings (SSSR count). The molecule has 3 N–H and O–H groups in total. The molecule has 0 bridgehead atoms. The number of methoxy groups -OCH3 is 1. The number of aromatic nitrogens is 1. The molecule has 1 amide bonds. The van der Waals surface area contributed by atoms with Gasteiger partial charge in [-0.15, -0.1) is 0 Å². The Morgan fingerprint density at radius 3 is 2.71 bits per heavy atom. The lowest BCUT2D eigenvalue weighted by Crippen LogP contribution is -2.36. The molecule has 0 aliphatic rings. The van der Waals surface area contributed by atoms with Crippen molar-refractivity contribution >= 4 is 23.2 Å². The van der Waals surface area contributed by atoms with Crippen molar-refractivity contribution in [2.75, 3.05) is 12.4 Å². The highest BCUT2D eigenvalue weighted by Gasteiger charge is 2.16. The van der Waals surface area contributed by atoms with E-state index in [-0.39, 0.29) is 5.91 Å². The third kappa shape index (κ3) is 4.69. The topological polar surface area (TPSA) is 77.2 Å². The van der Waals surface area contributed by atoms with Crippen molar-refractivity contribution in [1.29, 1.82) is 0 Å². The number of pyridine rings is 1. The Kier molecular flexibility index (Phi) is 6.17. The smallest absolute Gasteiger partial charge is 0.241 e. The molecule has 1 aromatic heterocycles. The van der Waals surface area contributed by atoms with Crippen molar-refractivity contribution in [3.8, 4) is 16.9 Å². The van der Waals surface area contributed by atoms with Crippen LogP contribution < -0.4 is 15.8 Å². The van der Waals surface area contributed by atoms with Gasteiger partial charge in [0.25, 0.3) is 0 Å². The zero-order valence-electron chi connectivity index (χ0n) is 14.0. The Labute approximate surface area is 147 Å². The maximum atomic E-state index is 12.1. The van der Waals surface area contributed by atoms with Crippen molar-refractivity contribution in [2.24, 2.45) is 11.7 Å². The predicted octanol–water partition coefficient (Wildman–Crippen LogP) is 3.72. The van der Waals surface area contributed by atoms with E-state index in [0.717, 1.165) is 11.1 Å². The molecule has 1 atom stereocenters. The van der Waals surface area contributed by atoms with Gasteiger partial charge < -0.3 is 15.8 Å². The number of nitrogens with zero attached hydrogens (tertiary/aromatic N) is 1. The summed E-state index contributed by atoms with van der Waals surface area (Å²) in [6.45, 7) is 4.07. The zero-order valence-corrected chi connectivity index (χ0v) is 14.8. The molecule has 0 saturated carbocycles. The number of carbonyl (C=O) groups is 1. The summed E-state index contributed by atoms with van der Waals surface area (Å²) in [5.74, 6) is 0.789. The summed E-state index contributed by atoms with van der Waals surface area (Å²) >= 11 is 5.94. The highest BCUT2D eigenvalue weighted by atomic mass is 35.5. The van der Waals surface area contributed by atoms with Crippen LogP contribution in [0.15, 0.2) is 36.5 Å². The third-order valence-corrected chi connectivity index (χ3v) is 3.78. The molecule has 5 nitrogen and oxygen atoms in total. The number of halogens is 1. The minimum absolute atomic E-state index is 0.203. The first-order valence-electron chi connectivity index (χ1n) is 7.77. The minimum atomic E-state index is -0.533. The van der Waals surface area contributed by atoms with E-state index in [2.05, 4.69) is 10.3 Å². The van der Waals surface area contributed by atoms with E-state index in [1.54, 1.807) is 25.4 Å². The molecule has 24 heavy (non-hydrogen) atoms. The summed E-state index contributed by atoms with van der Waals surface area (Å²) < 4.78 is 5.44. The van der Waals surface area contributed by atoms with Gasteiger partial charge in [0.05, 0.1) is 13.2 Å². The van der Waals surface area contributed by atoms with E-state index in [0.29, 0.717) is 28.9 Å². The number of amides is 1. The van der Waals surface area contributed by atoms with Gasteiger partial charge in [-0.2, -0.15) is 0 Å². The number of hydrogen-bond acceptors (Lipinski definition) is 4. The fourth-order valence-corrected chi connectivity index (χ4v) is 2.60. The van der Waals surface area contributed by atoms with Gasteiger partial charge in [-0.1, -0.05) is 25.4 Å². The summed E-state index contributed by atoms with van der Waals surface area (Å²) in [4.78, 5) is 16.1. The van der Waals surface area contributed by atoms with Crippen LogP contribution in [0.25, 0.3) is 11.1 Å². The molecule has 0 spiro atoms. The van der Waals surface area contributed by atoms with Gasteiger partial charge in [-0.25, -0.2) is 4.98 Å². The lowest BCUT2D eigenvalue weighted by molar-refractivity contribution is -0.117. The molecule has 0 aliphatic heterocycles. The number of hydrogen-bond donors (Lipinski definition) is 2. The Morgan fingerprint density at radius 1 is 1.33 bits per heavy atom. The lowest BCUT2D eigenvalue weighted by Gasteiger charge is -2.16. The molecule has 0 radical (unpaired) electrons. The van der Waals surface area contributed by atoms with Gasteiger partial charge >= 0.3 is 0 Å². The number of ether oxygens (including phenoxy) is 1. The SMILES string of the molecule is COc1cc(NC(=O)C(N)CC(C)C)ccc1-c1ccnc(Cl)c1. The highest BCUT2D eigenvalue weighted by molar-refractivity contribution is 6.29. The second kappa shape index (κ2) is 8.13. The summed E-state index contributed by atoms with van der Waals surface area (Å²) in [7, 11) is 1.58. The molecule has 2 aromatic rings. The maximum absolute atomic E-state index is 12.1. The lowest BCUT2D eigenvalue weighted by atomic mass is 10.0. The quantitative estimate of drug-likeness (QED) is 0.781. The fraction of sp³-hybridized carbons (Fsp3) is 0.333. The Morgan fingerprint density at radius 2 is 2.08 bits per heavy atom. The third-order valence-electron chi connectivity index (χ3n) is 3.57. The van der Waals surface area contributed by atoms with E-state index < -0.39 is 6.04 Å². The van der Waals surface area contributed by atoms with Crippen LogP contribution in [0.4, 0.5) is 5.69 Å². The number of benzene rings is 1. The van der Waals surface area contributed by atoms with E-state index in [1.807, 2.05) is 32.0 Å². The first-order chi connectivity index (χ1) is 11.4. The van der Waals surface area contributed by atoms with E-state index in [4.69, 9.17) is 22.1 Å².